The van der Waals surface area contributed by atoms with Gasteiger partial charge in [-0.05, 0) is 89.5 Å². The smallest absolute Gasteiger partial charge is 0.261 e. The Kier molecular flexibility index (Phi) is 11.8. The number of nitrogens with one attached hydrogen (secondary N) is 2. The number of nitrogens with zero attached hydrogens (tertiary/aromatic N) is 1. The summed E-state index contributed by atoms with van der Waals surface area (Å²) in [7, 11) is -2.42. The van der Waals surface area contributed by atoms with Crippen LogP contribution in [0.3, 0.4) is 0 Å². The van der Waals surface area contributed by atoms with E-state index < -0.39 is 46.1 Å². The van der Waals surface area contributed by atoms with E-state index >= 15 is 0 Å². The lowest BCUT2D eigenvalue weighted by atomic mass is 10.0. The molecule has 0 radical (unpaired) electrons. The van der Waals surface area contributed by atoms with Gasteiger partial charge in [0.2, 0.25) is 5.91 Å². The van der Waals surface area contributed by atoms with Gasteiger partial charge in [-0.1, -0.05) is 54.6 Å². The predicted molar refractivity (Wildman–Crippen MR) is 185 cm³/mol. The van der Waals surface area contributed by atoms with Gasteiger partial charge in [0.15, 0.2) is 6.61 Å². The minimum absolute atomic E-state index is 0.0117. The highest BCUT2D eigenvalue weighted by Gasteiger charge is 2.31. The molecule has 9 nitrogen and oxygen atoms in total. The molecule has 0 aliphatic carbocycles. The van der Waals surface area contributed by atoms with Crippen molar-refractivity contribution in [3.05, 3.63) is 156 Å². The van der Waals surface area contributed by atoms with Crippen LogP contribution in [0.5, 0.6) is 11.5 Å². The first-order chi connectivity index (χ1) is 24.1. The molecule has 12 heteroatoms. The molecule has 0 saturated heterocycles. The number of methoxy groups -OCH3 is 1. The summed E-state index contributed by atoms with van der Waals surface area (Å²) >= 11 is 0. The Bertz CT molecular complexity index is 1980. The van der Waals surface area contributed by atoms with Crippen LogP contribution >= 0.6 is 0 Å². The molecule has 2 N–H and O–H groups in total. The fourth-order valence-electron chi connectivity index (χ4n) is 5.07. The van der Waals surface area contributed by atoms with Crippen molar-refractivity contribution in [1.29, 1.82) is 0 Å². The highest BCUT2D eigenvalue weighted by Crippen LogP contribution is 2.21. The second-order valence-corrected chi connectivity index (χ2v) is 13.0. The summed E-state index contributed by atoms with van der Waals surface area (Å²) in [6, 6.07) is 31.5. The summed E-state index contributed by atoms with van der Waals surface area (Å²) in [4.78, 5) is 29.1. The molecule has 0 bridgehead atoms. The summed E-state index contributed by atoms with van der Waals surface area (Å²) < 4.78 is 66.1. The van der Waals surface area contributed by atoms with E-state index in [1.165, 1.54) is 53.4 Å². The lowest BCUT2D eigenvalue weighted by Crippen LogP contribution is -2.51. The molecule has 0 aliphatic heterocycles. The lowest BCUT2D eigenvalue weighted by molar-refractivity contribution is -0.142. The van der Waals surface area contributed by atoms with Gasteiger partial charge >= 0.3 is 0 Å². The van der Waals surface area contributed by atoms with Crippen molar-refractivity contribution < 1.29 is 36.3 Å². The van der Waals surface area contributed by atoms with Crippen molar-refractivity contribution in [2.45, 2.75) is 30.4 Å². The zero-order chi connectivity index (χ0) is 35.5. The average Bonchev–Trinajstić information content (AvgIpc) is 3.13. The normalized spacial score (nSPS) is 11.7. The number of amides is 2. The Labute approximate surface area is 289 Å². The molecule has 5 aromatic rings. The number of ether oxygens (including phenoxy) is 2. The molecular weight excluding hydrogens is 664 g/mol. The van der Waals surface area contributed by atoms with Crippen molar-refractivity contribution in [3.63, 3.8) is 0 Å². The van der Waals surface area contributed by atoms with Gasteiger partial charge in [0.25, 0.3) is 15.9 Å². The number of sulfonamides is 1. The van der Waals surface area contributed by atoms with E-state index in [-0.39, 0.29) is 35.8 Å². The zero-order valence-corrected chi connectivity index (χ0v) is 27.9. The summed E-state index contributed by atoms with van der Waals surface area (Å²) in [5.74, 6) is -0.972. The summed E-state index contributed by atoms with van der Waals surface area (Å²) in [6.45, 7) is -0.283. The van der Waals surface area contributed by atoms with Gasteiger partial charge in [0.05, 0.1) is 12.0 Å². The maximum Gasteiger partial charge on any atom is 0.261 e. The van der Waals surface area contributed by atoms with Crippen LogP contribution in [0.2, 0.25) is 0 Å². The number of carbonyl (C=O) groups excluding carboxylic acids is 2. The summed E-state index contributed by atoms with van der Waals surface area (Å²) in [6.07, 6.45) is 0.190. The monoisotopic (exact) mass is 699 g/mol. The molecule has 0 saturated carbocycles. The van der Waals surface area contributed by atoms with Crippen molar-refractivity contribution in [3.8, 4) is 11.5 Å². The van der Waals surface area contributed by atoms with Gasteiger partial charge in [-0.3, -0.25) is 14.3 Å². The molecule has 0 spiro atoms. The van der Waals surface area contributed by atoms with E-state index in [0.29, 0.717) is 11.3 Å². The molecule has 50 heavy (non-hydrogen) atoms. The van der Waals surface area contributed by atoms with Crippen LogP contribution in [0, 0.1) is 11.6 Å². The van der Waals surface area contributed by atoms with E-state index in [0.717, 1.165) is 23.3 Å². The Morgan fingerprint density at radius 1 is 0.720 bits per heavy atom. The fraction of sp³-hybridized carbons (Fsp3) is 0.158. The SMILES string of the molecule is COc1ccc(CNC(=O)[C@@H](Cc2ccccc2)N(Cc2ccc(F)cc2)C(=O)COc2ccc(S(=O)(=O)Nc3ccc(F)cc3)cc2)cc1. The van der Waals surface area contributed by atoms with Crippen molar-refractivity contribution in [2.24, 2.45) is 0 Å². The topological polar surface area (TPSA) is 114 Å². The summed E-state index contributed by atoms with van der Waals surface area (Å²) in [5.41, 5.74) is 2.44. The summed E-state index contributed by atoms with van der Waals surface area (Å²) in [5, 5.41) is 2.95. The zero-order valence-electron chi connectivity index (χ0n) is 27.1. The number of carbonyl (C=O) groups is 2. The molecule has 258 valence electrons. The molecule has 5 aromatic carbocycles. The number of hydrogen-bond acceptors (Lipinski definition) is 6. The number of hydrogen-bond donors (Lipinski definition) is 2. The Morgan fingerprint density at radius 3 is 1.92 bits per heavy atom. The molecule has 2 amide bonds. The second-order valence-electron chi connectivity index (χ2n) is 11.3. The number of anilines is 1. The molecule has 0 heterocycles. The number of benzene rings is 5. The molecular formula is C38H35F2N3O6S. The van der Waals surface area contributed by atoms with Gasteiger partial charge < -0.3 is 19.7 Å². The Morgan fingerprint density at radius 2 is 1.30 bits per heavy atom. The van der Waals surface area contributed by atoms with Gasteiger partial charge in [-0.15, -0.1) is 0 Å². The predicted octanol–water partition coefficient (Wildman–Crippen LogP) is 6.11. The van der Waals surface area contributed by atoms with Crippen molar-refractivity contribution >= 4 is 27.5 Å². The molecule has 5 rings (SSSR count). The molecule has 0 fully saturated rings. The number of rotatable bonds is 15. The van der Waals surface area contributed by atoms with E-state index in [1.807, 2.05) is 42.5 Å². The van der Waals surface area contributed by atoms with Gasteiger partial charge in [-0.25, -0.2) is 17.2 Å². The lowest BCUT2D eigenvalue weighted by Gasteiger charge is -2.31. The van der Waals surface area contributed by atoms with E-state index in [1.54, 1.807) is 31.4 Å². The minimum atomic E-state index is -3.99. The van der Waals surface area contributed by atoms with Gasteiger partial charge in [-0.2, -0.15) is 0 Å². The van der Waals surface area contributed by atoms with Crippen LogP contribution in [-0.2, 0) is 39.1 Å². The highest BCUT2D eigenvalue weighted by atomic mass is 32.2. The maximum absolute atomic E-state index is 13.9. The first-order valence-electron chi connectivity index (χ1n) is 15.6. The molecule has 0 aromatic heterocycles. The third-order valence-electron chi connectivity index (χ3n) is 7.76. The number of halogens is 2. The van der Waals surface area contributed by atoms with Crippen LogP contribution in [-0.4, -0.2) is 44.9 Å². The van der Waals surface area contributed by atoms with Gasteiger partial charge in [0, 0.05) is 25.2 Å². The third-order valence-corrected chi connectivity index (χ3v) is 9.15. The van der Waals surface area contributed by atoms with E-state index in [4.69, 9.17) is 9.47 Å². The standard InChI is InChI=1S/C38H35F2N3O6S/c1-48-33-17-9-28(10-18-33)24-41-38(45)36(23-27-5-3-2-4-6-27)43(25-29-7-11-30(39)12-8-29)37(44)26-49-34-19-21-35(22-20-34)50(46,47)42-32-15-13-31(40)14-16-32/h2-22,36,42H,23-26H2,1H3,(H,41,45)/t36-/m1/s1. The molecule has 0 aliphatic rings. The van der Waals surface area contributed by atoms with Crippen LogP contribution in [0.15, 0.2) is 132 Å². The van der Waals surface area contributed by atoms with Crippen molar-refractivity contribution in [2.75, 3.05) is 18.4 Å². The second kappa shape index (κ2) is 16.6. The Balaban J connectivity index is 1.34. The van der Waals surface area contributed by atoms with Crippen molar-refractivity contribution in [1.82, 2.24) is 10.2 Å². The molecule has 1 atom stereocenters. The third kappa shape index (κ3) is 9.89. The first-order valence-corrected chi connectivity index (χ1v) is 17.1. The van der Waals surface area contributed by atoms with Crippen LogP contribution in [0.4, 0.5) is 14.5 Å². The average molecular weight is 700 g/mol. The highest BCUT2D eigenvalue weighted by molar-refractivity contribution is 7.92. The first kappa shape index (κ1) is 35.6. The largest absolute Gasteiger partial charge is 0.497 e. The van der Waals surface area contributed by atoms with E-state index in [2.05, 4.69) is 10.0 Å². The van der Waals surface area contributed by atoms with Crippen LogP contribution in [0.25, 0.3) is 0 Å². The fourth-order valence-corrected chi connectivity index (χ4v) is 6.12. The van der Waals surface area contributed by atoms with Gasteiger partial charge in [0.1, 0.15) is 29.2 Å². The van der Waals surface area contributed by atoms with E-state index in [9.17, 15) is 26.8 Å². The minimum Gasteiger partial charge on any atom is -0.497 e. The quantitative estimate of drug-likeness (QED) is 0.136. The maximum atomic E-state index is 13.9. The Hall–Kier alpha value is -5.75. The van der Waals surface area contributed by atoms with Crippen LogP contribution < -0.4 is 19.5 Å². The molecule has 0 unspecified atom stereocenters. The van der Waals surface area contributed by atoms with Crippen LogP contribution in [0.1, 0.15) is 16.7 Å².